The lowest BCUT2D eigenvalue weighted by Gasteiger charge is -2.17. The van der Waals surface area contributed by atoms with E-state index in [1.54, 1.807) is 50.6 Å². The van der Waals surface area contributed by atoms with E-state index in [1.165, 1.54) is 4.90 Å². The number of ether oxygens (including phenoxy) is 1. The highest BCUT2D eigenvalue weighted by molar-refractivity contribution is 14.1. The summed E-state index contributed by atoms with van der Waals surface area (Å²) in [5.41, 5.74) is 1.22. The summed E-state index contributed by atoms with van der Waals surface area (Å²) in [4.78, 5) is 25.7. The van der Waals surface area contributed by atoms with Crippen molar-refractivity contribution in [2.45, 2.75) is 0 Å². The second-order valence-corrected chi connectivity index (χ2v) is 6.19. The fourth-order valence-electron chi connectivity index (χ4n) is 2.00. The zero-order valence-electron chi connectivity index (χ0n) is 12.9. The van der Waals surface area contributed by atoms with Gasteiger partial charge in [-0.05, 0) is 65.1 Å². The summed E-state index contributed by atoms with van der Waals surface area (Å²) in [5.74, 6) is 0.277. The molecular formula is C17H17IN2O3. The quantitative estimate of drug-likeness (QED) is 0.751. The van der Waals surface area contributed by atoms with Crippen LogP contribution in [0.25, 0.3) is 0 Å². The fourth-order valence-corrected chi connectivity index (χ4v) is 2.55. The smallest absolute Gasteiger partial charge is 0.254 e. The Balaban J connectivity index is 1.94. The second kappa shape index (κ2) is 7.96. The number of anilines is 1. The Hall–Kier alpha value is -2.09. The van der Waals surface area contributed by atoms with Gasteiger partial charge in [0.25, 0.3) is 5.91 Å². The van der Waals surface area contributed by atoms with Crippen molar-refractivity contribution in [1.82, 2.24) is 4.90 Å². The molecule has 6 heteroatoms. The molecule has 0 unspecified atom stereocenters. The lowest BCUT2D eigenvalue weighted by Crippen LogP contribution is -2.34. The first kappa shape index (κ1) is 17.3. The Kier molecular flexibility index (Phi) is 5.97. The zero-order valence-corrected chi connectivity index (χ0v) is 15.0. The lowest BCUT2D eigenvalue weighted by molar-refractivity contribution is -0.116. The van der Waals surface area contributed by atoms with E-state index in [1.807, 2.05) is 12.1 Å². The molecule has 0 bridgehead atoms. The van der Waals surface area contributed by atoms with Crippen molar-refractivity contribution >= 4 is 40.1 Å². The molecule has 1 N–H and O–H groups in total. The summed E-state index contributed by atoms with van der Waals surface area (Å²) in [6.07, 6.45) is 0. The molecule has 0 heterocycles. The van der Waals surface area contributed by atoms with Crippen LogP contribution in [0.2, 0.25) is 0 Å². The average Bonchev–Trinajstić information content (AvgIpc) is 2.54. The van der Waals surface area contributed by atoms with Crippen molar-refractivity contribution in [2.75, 3.05) is 26.0 Å². The van der Waals surface area contributed by atoms with Crippen molar-refractivity contribution in [3.05, 3.63) is 57.7 Å². The number of nitrogens with zero attached hydrogens (tertiary/aromatic N) is 1. The molecular weight excluding hydrogens is 407 g/mol. The number of halogens is 1. The van der Waals surface area contributed by atoms with Crippen LogP contribution in [0, 0.1) is 3.57 Å². The Labute approximate surface area is 148 Å². The molecule has 2 aromatic carbocycles. The molecule has 2 rings (SSSR count). The topological polar surface area (TPSA) is 58.6 Å². The number of amides is 2. The molecule has 120 valence electrons. The van der Waals surface area contributed by atoms with E-state index in [0.29, 0.717) is 17.0 Å². The van der Waals surface area contributed by atoms with E-state index in [0.717, 1.165) is 3.57 Å². The second-order valence-electron chi connectivity index (χ2n) is 4.95. The molecule has 0 saturated carbocycles. The van der Waals surface area contributed by atoms with Gasteiger partial charge < -0.3 is 15.0 Å². The van der Waals surface area contributed by atoms with Crippen molar-refractivity contribution in [3.8, 4) is 5.75 Å². The molecule has 23 heavy (non-hydrogen) atoms. The molecule has 0 atom stereocenters. The maximum Gasteiger partial charge on any atom is 0.254 e. The maximum atomic E-state index is 12.3. The average molecular weight is 424 g/mol. The monoisotopic (exact) mass is 424 g/mol. The normalized spacial score (nSPS) is 10.0. The number of benzene rings is 2. The van der Waals surface area contributed by atoms with E-state index < -0.39 is 0 Å². The van der Waals surface area contributed by atoms with Gasteiger partial charge in [0, 0.05) is 21.9 Å². The first-order valence-electron chi connectivity index (χ1n) is 6.94. The van der Waals surface area contributed by atoms with Gasteiger partial charge >= 0.3 is 0 Å². The number of carbonyl (C=O) groups excluding carboxylic acids is 2. The van der Waals surface area contributed by atoms with Gasteiger partial charge in [-0.1, -0.05) is 6.07 Å². The van der Waals surface area contributed by atoms with Gasteiger partial charge in [0.05, 0.1) is 13.7 Å². The van der Waals surface area contributed by atoms with Crippen LogP contribution < -0.4 is 10.1 Å². The van der Waals surface area contributed by atoms with Crippen LogP contribution in [0.5, 0.6) is 5.75 Å². The lowest BCUT2D eigenvalue weighted by atomic mass is 10.2. The molecule has 0 aromatic heterocycles. The predicted molar refractivity (Wildman–Crippen MR) is 97.7 cm³/mol. The molecule has 2 amide bonds. The third kappa shape index (κ3) is 4.95. The van der Waals surface area contributed by atoms with E-state index in [-0.39, 0.29) is 18.4 Å². The molecule has 0 aliphatic heterocycles. The first-order chi connectivity index (χ1) is 11.0. The summed E-state index contributed by atoms with van der Waals surface area (Å²) < 4.78 is 6.04. The Morgan fingerprint density at radius 2 is 1.87 bits per heavy atom. The van der Waals surface area contributed by atoms with Gasteiger partial charge in [0.1, 0.15) is 5.75 Å². The standard InChI is InChI=1S/C17H17IN2O3/c1-20(17(22)12-4-3-5-13(18)10-12)11-16(21)19-14-6-8-15(23-2)9-7-14/h3-10H,11H2,1-2H3,(H,19,21). The first-order valence-corrected chi connectivity index (χ1v) is 8.02. The van der Waals surface area contributed by atoms with E-state index >= 15 is 0 Å². The largest absolute Gasteiger partial charge is 0.497 e. The van der Waals surface area contributed by atoms with E-state index in [2.05, 4.69) is 27.9 Å². The Morgan fingerprint density at radius 1 is 1.17 bits per heavy atom. The summed E-state index contributed by atoms with van der Waals surface area (Å²) in [5, 5.41) is 2.75. The molecule has 5 nitrogen and oxygen atoms in total. The summed E-state index contributed by atoms with van der Waals surface area (Å²) in [7, 11) is 3.19. The maximum absolute atomic E-state index is 12.3. The highest BCUT2D eigenvalue weighted by Crippen LogP contribution is 2.15. The van der Waals surface area contributed by atoms with Crippen LogP contribution in [0.15, 0.2) is 48.5 Å². The number of rotatable bonds is 5. The number of likely N-dealkylation sites (N-methyl/N-ethyl adjacent to an activating group) is 1. The molecule has 0 spiro atoms. The SMILES string of the molecule is COc1ccc(NC(=O)CN(C)C(=O)c2cccc(I)c2)cc1. The Bertz CT molecular complexity index is 701. The molecule has 0 aliphatic carbocycles. The third-order valence-electron chi connectivity index (χ3n) is 3.17. The summed E-state index contributed by atoms with van der Waals surface area (Å²) in [6, 6.07) is 14.3. The molecule has 2 aromatic rings. The van der Waals surface area contributed by atoms with Crippen LogP contribution >= 0.6 is 22.6 Å². The van der Waals surface area contributed by atoms with E-state index in [9.17, 15) is 9.59 Å². The number of nitrogens with one attached hydrogen (secondary N) is 1. The zero-order chi connectivity index (χ0) is 16.8. The number of carbonyl (C=O) groups is 2. The Morgan fingerprint density at radius 3 is 2.48 bits per heavy atom. The highest BCUT2D eigenvalue weighted by Gasteiger charge is 2.15. The van der Waals surface area contributed by atoms with E-state index in [4.69, 9.17) is 4.74 Å². The predicted octanol–water partition coefficient (Wildman–Crippen LogP) is 3.01. The number of methoxy groups -OCH3 is 1. The highest BCUT2D eigenvalue weighted by atomic mass is 127. The van der Waals surface area contributed by atoms with Crippen molar-refractivity contribution in [3.63, 3.8) is 0 Å². The van der Waals surface area contributed by atoms with Crippen LogP contribution in [-0.4, -0.2) is 37.4 Å². The molecule has 0 aliphatic rings. The van der Waals surface area contributed by atoms with Crippen LogP contribution in [-0.2, 0) is 4.79 Å². The molecule has 0 saturated heterocycles. The number of hydrogen-bond donors (Lipinski definition) is 1. The van der Waals surface area contributed by atoms with Crippen molar-refractivity contribution in [2.24, 2.45) is 0 Å². The fraction of sp³-hybridized carbons (Fsp3) is 0.176. The van der Waals surface area contributed by atoms with Crippen molar-refractivity contribution < 1.29 is 14.3 Å². The minimum Gasteiger partial charge on any atom is -0.497 e. The minimum atomic E-state index is -0.253. The molecule has 0 fully saturated rings. The van der Waals surface area contributed by atoms with Gasteiger partial charge in [0.2, 0.25) is 5.91 Å². The van der Waals surface area contributed by atoms with Crippen LogP contribution in [0.3, 0.4) is 0 Å². The van der Waals surface area contributed by atoms with Crippen LogP contribution in [0.4, 0.5) is 5.69 Å². The van der Waals surface area contributed by atoms with Gasteiger partial charge in [0.15, 0.2) is 0 Å². The van der Waals surface area contributed by atoms with Crippen molar-refractivity contribution in [1.29, 1.82) is 0 Å². The summed E-state index contributed by atoms with van der Waals surface area (Å²) >= 11 is 2.15. The van der Waals surface area contributed by atoms with Gasteiger partial charge in [-0.2, -0.15) is 0 Å². The van der Waals surface area contributed by atoms with Gasteiger partial charge in [-0.3, -0.25) is 9.59 Å². The summed E-state index contributed by atoms with van der Waals surface area (Å²) in [6.45, 7) is -0.0175. The van der Waals surface area contributed by atoms with Gasteiger partial charge in [-0.15, -0.1) is 0 Å². The minimum absolute atomic E-state index is 0.0175. The van der Waals surface area contributed by atoms with Crippen LogP contribution in [0.1, 0.15) is 10.4 Å². The molecule has 0 radical (unpaired) electrons. The van der Waals surface area contributed by atoms with Gasteiger partial charge in [-0.25, -0.2) is 0 Å². The third-order valence-corrected chi connectivity index (χ3v) is 3.84. The number of hydrogen-bond acceptors (Lipinski definition) is 3.